The molecule has 178 valence electrons. The van der Waals surface area contributed by atoms with Crippen LogP contribution >= 0.6 is 0 Å². The third kappa shape index (κ3) is 4.39. The van der Waals surface area contributed by atoms with Crippen molar-refractivity contribution in [3.63, 3.8) is 0 Å². The van der Waals surface area contributed by atoms with Crippen LogP contribution in [0.5, 0.6) is 0 Å². The standard InChI is InChI=1S/C27H30N2O5/c30-25(29-18-12-17(13-18)26(31)32)19-11-5-6-16(19)14-28-27(33)34-15-24-22-9-3-1-7-20(22)21-8-2-4-10-23(21)24/h1-4,7-10,16-19,24H,5-6,11-15H2,(H,28,33)(H,29,30)(H,31,32)/t16-,17?,18?,19-/m1/s1. The fourth-order valence-corrected chi connectivity index (χ4v) is 5.74. The van der Waals surface area contributed by atoms with Crippen molar-refractivity contribution < 1.29 is 24.2 Å². The molecule has 0 saturated heterocycles. The van der Waals surface area contributed by atoms with E-state index >= 15 is 0 Å². The fraction of sp³-hybridized carbons (Fsp3) is 0.444. The van der Waals surface area contributed by atoms with E-state index in [0.717, 1.165) is 19.3 Å². The summed E-state index contributed by atoms with van der Waals surface area (Å²) in [5.41, 5.74) is 4.72. The first-order valence-electron chi connectivity index (χ1n) is 12.1. The quantitative estimate of drug-likeness (QED) is 0.579. The second-order valence-corrected chi connectivity index (χ2v) is 9.72. The Morgan fingerprint density at radius 2 is 1.59 bits per heavy atom. The van der Waals surface area contributed by atoms with Crippen LogP contribution in [0.2, 0.25) is 0 Å². The molecular weight excluding hydrogens is 432 g/mol. The maximum absolute atomic E-state index is 12.7. The maximum atomic E-state index is 12.7. The minimum absolute atomic E-state index is 0.0141. The van der Waals surface area contributed by atoms with Crippen molar-refractivity contribution in [3.05, 3.63) is 59.7 Å². The normalized spacial score (nSPS) is 25.1. The molecule has 0 unspecified atom stereocenters. The molecule has 34 heavy (non-hydrogen) atoms. The number of fused-ring (bicyclic) bond motifs is 3. The molecule has 0 spiro atoms. The van der Waals surface area contributed by atoms with Gasteiger partial charge in [-0.05, 0) is 53.9 Å². The van der Waals surface area contributed by atoms with E-state index < -0.39 is 12.1 Å². The number of carbonyl (C=O) groups excluding carboxylic acids is 2. The number of carboxylic acid groups (broad SMARTS) is 1. The minimum Gasteiger partial charge on any atom is -0.481 e. The summed E-state index contributed by atoms with van der Waals surface area (Å²) < 4.78 is 5.61. The molecule has 3 N–H and O–H groups in total. The summed E-state index contributed by atoms with van der Waals surface area (Å²) in [5.74, 6) is -1.24. The van der Waals surface area contributed by atoms with Crippen LogP contribution in [0.25, 0.3) is 11.1 Å². The molecule has 0 aromatic heterocycles. The van der Waals surface area contributed by atoms with Gasteiger partial charge < -0.3 is 20.5 Å². The molecule has 2 fully saturated rings. The van der Waals surface area contributed by atoms with Gasteiger partial charge in [-0.1, -0.05) is 55.0 Å². The van der Waals surface area contributed by atoms with Gasteiger partial charge in [0.15, 0.2) is 0 Å². The van der Waals surface area contributed by atoms with E-state index in [1.54, 1.807) is 0 Å². The van der Waals surface area contributed by atoms with E-state index in [2.05, 4.69) is 34.9 Å². The molecule has 2 aromatic carbocycles. The van der Waals surface area contributed by atoms with Crippen LogP contribution in [0.4, 0.5) is 4.79 Å². The highest BCUT2D eigenvalue weighted by molar-refractivity contribution is 5.81. The second kappa shape index (κ2) is 9.49. The van der Waals surface area contributed by atoms with Crippen LogP contribution in [-0.2, 0) is 14.3 Å². The number of rotatable bonds is 7. The monoisotopic (exact) mass is 462 g/mol. The lowest BCUT2D eigenvalue weighted by molar-refractivity contribution is -0.146. The van der Waals surface area contributed by atoms with Crippen LogP contribution in [0.15, 0.2) is 48.5 Å². The third-order valence-electron chi connectivity index (χ3n) is 7.68. The first-order valence-corrected chi connectivity index (χ1v) is 12.1. The van der Waals surface area contributed by atoms with E-state index in [-0.39, 0.29) is 42.2 Å². The van der Waals surface area contributed by atoms with Crippen molar-refractivity contribution in [2.24, 2.45) is 17.8 Å². The van der Waals surface area contributed by atoms with Gasteiger partial charge in [-0.25, -0.2) is 4.79 Å². The fourth-order valence-electron chi connectivity index (χ4n) is 5.74. The van der Waals surface area contributed by atoms with Crippen molar-refractivity contribution in [2.75, 3.05) is 13.2 Å². The zero-order valence-corrected chi connectivity index (χ0v) is 19.0. The number of carboxylic acids is 1. The summed E-state index contributed by atoms with van der Waals surface area (Å²) in [5, 5.41) is 14.9. The van der Waals surface area contributed by atoms with Crippen molar-refractivity contribution in [1.29, 1.82) is 0 Å². The highest BCUT2D eigenvalue weighted by Gasteiger charge is 2.39. The number of ether oxygens (including phenoxy) is 1. The number of benzene rings is 2. The van der Waals surface area contributed by atoms with Crippen LogP contribution in [0, 0.1) is 17.8 Å². The van der Waals surface area contributed by atoms with Crippen LogP contribution < -0.4 is 10.6 Å². The van der Waals surface area contributed by atoms with Crippen molar-refractivity contribution in [3.8, 4) is 11.1 Å². The molecule has 0 bridgehead atoms. The number of hydrogen-bond donors (Lipinski definition) is 3. The molecule has 0 heterocycles. The summed E-state index contributed by atoms with van der Waals surface area (Å²) in [4.78, 5) is 36.2. The van der Waals surface area contributed by atoms with E-state index in [9.17, 15) is 14.4 Å². The van der Waals surface area contributed by atoms with Gasteiger partial charge in [-0.2, -0.15) is 0 Å². The summed E-state index contributed by atoms with van der Waals surface area (Å²) in [7, 11) is 0. The van der Waals surface area contributed by atoms with Crippen LogP contribution in [-0.4, -0.2) is 42.3 Å². The number of nitrogens with one attached hydrogen (secondary N) is 2. The minimum atomic E-state index is -0.795. The van der Waals surface area contributed by atoms with Crippen molar-refractivity contribution >= 4 is 18.0 Å². The molecule has 0 aliphatic heterocycles. The van der Waals surface area contributed by atoms with Crippen LogP contribution in [0.3, 0.4) is 0 Å². The Labute approximate surface area is 198 Å². The van der Waals surface area contributed by atoms with Gasteiger partial charge in [0.25, 0.3) is 0 Å². The van der Waals surface area contributed by atoms with Gasteiger partial charge >= 0.3 is 12.1 Å². The molecule has 2 amide bonds. The number of hydrogen-bond acceptors (Lipinski definition) is 4. The zero-order chi connectivity index (χ0) is 23.7. The number of alkyl carbamates (subject to hydrolysis) is 1. The zero-order valence-electron chi connectivity index (χ0n) is 19.0. The van der Waals surface area contributed by atoms with Gasteiger partial charge in [-0.3, -0.25) is 9.59 Å². The summed E-state index contributed by atoms with van der Waals surface area (Å²) in [6.45, 7) is 0.665. The Balaban J connectivity index is 1.11. The number of carbonyl (C=O) groups is 3. The lowest BCUT2D eigenvalue weighted by Gasteiger charge is -2.34. The Morgan fingerprint density at radius 3 is 2.24 bits per heavy atom. The highest BCUT2D eigenvalue weighted by atomic mass is 16.5. The van der Waals surface area contributed by atoms with Crippen molar-refractivity contribution in [2.45, 2.75) is 44.1 Å². The van der Waals surface area contributed by atoms with Gasteiger partial charge in [0, 0.05) is 24.4 Å². The Bertz CT molecular complexity index is 1050. The second-order valence-electron chi connectivity index (χ2n) is 9.72. The lowest BCUT2D eigenvalue weighted by Crippen LogP contribution is -2.49. The molecule has 2 aromatic rings. The highest BCUT2D eigenvalue weighted by Crippen LogP contribution is 2.44. The predicted octanol–water partition coefficient (Wildman–Crippen LogP) is 3.92. The van der Waals surface area contributed by atoms with E-state index in [4.69, 9.17) is 9.84 Å². The number of aliphatic carboxylic acids is 1. The molecule has 7 nitrogen and oxygen atoms in total. The Morgan fingerprint density at radius 1 is 0.941 bits per heavy atom. The third-order valence-corrected chi connectivity index (χ3v) is 7.68. The topological polar surface area (TPSA) is 105 Å². The van der Waals surface area contributed by atoms with Crippen LogP contribution in [0.1, 0.15) is 49.1 Å². The molecule has 3 aliphatic carbocycles. The lowest BCUT2D eigenvalue weighted by atomic mass is 9.80. The smallest absolute Gasteiger partial charge is 0.407 e. The number of amides is 2. The van der Waals surface area contributed by atoms with Gasteiger partial charge in [0.05, 0.1) is 5.92 Å². The molecule has 2 atom stereocenters. The van der Waals surface area contributed by atoms with Gasteiger partial charge in [0.1, 0.15) is 6.61 Å². The largest absolute Gasteiger partial charge is 0.481 e. The summed E-state index contributed by atoms with van der Waals surface area (Å²) in [6, 6.07) is 16.4. The summed E-state index contributed by atoms with van der Waals surface area (Å²) in [6.07, 6.45) is 3.14. The van der Waals surface area contributed by atoms with E-state index in [0.29, 0.717) is 19.4 Å². The van der Waals surface area contributed by atoms with Crippen molar-refractivity contribution in [1.82, 2.24) is 10.6 Å². The van der Waals surface area contributed by atoms with E-state index in [1.807, 2.05) is 24.3 Å². The van der Waals surface area contributed by atoms with Gasteiger partial charge in [0.2, 0.25) is 5.91 Å². The first kappa shape index (κ1) is 22.4. The average Bonchev–Trinajstić information content (AvgIpc) is 3.41. The molecule has 7 heteroatoms. The maximum Gasteiger partial charge on any atom is 0.407 e. The molecule has 2 saturated carbocycles. The summed E-state index contributed by atoms with van der Waals surface area (Å²) >= 11 is 0. The molecule has 3 aliphatic rings. The van der Waals surface area contributed by atoms with Gasteiger partial charge in [-0.15, -0.1) is 0 Å². The first-order chi connectivity index (χ1) is 16.5. The molecule has 0 radical (unpaired) electrons. The van der Waals surface area contributed by atoms with E-state index in [1.165, 1.54) is 22.3 Å². The predicted molar refractivity (Wildman–Crippen MR) is 126 cm³/mol. The molecular formula is C27H30N2O5. The average molecular weight is 463 g/mol. The molecule has 5 rings (SSSR count). The Hall–Kier alpha value is -3.35. The SMILES string of the molecule is O=C(NC[C@H]1CCC[C@H]1C(=O)NC1CC(C(=O)O)C1)OCC1c2ccccc2-c2ccccc21. The Kier molecular flexibility index (Phi) is 6.26.